The Balaban J connectivity index is 3.11. The van der Waals surface area contributed by atoms with E-state index in [1.165, 1.54) is 12.3 Å². The van der Waals surface area contributed by atoms with Gasteiger partial charge in [0, 0.05) is 19.3 Å². The van der Waals surface area contributed by atoms with Crippen LogP contribution in [0.5, 0.6) is 0 Å². The van der Waals surface area contributed by atoms with Crippen LogP contribution in [-0.2, 0) is 0 Å². The van der Waals surface area contributed by atoms with Gasteiger partial charge in [0.05, 0.1) is 11.3 Å². The third-order valence-electron chi connectivity index (χ3n) is 2.47. The summed E-state index contributed by atoms with van der Waals surface area (Å²) >= 11 is 0. The van der Waals surface area contributed by atoms with Crippen molar-refractivity contribution in [1.29, 1.82) is 0 Å². The van der Waals surface area contributed by atoms with Crippen molar-refractivity contribution in [3.63, 3.8) is 0 Å². The molecule has 0 aliphatic heterocycles. The first-order chi connectivity index (χ1) is 7.97. The Labute approximate surface area is 101 Å². The number of rotatable bonds is 5. The number of nitrogen functional groups attached to an aromatic ring is 1. The van der Waals surface area contributed by atoms with E-state index in [9.17, 15) is 4.79 Å². The molecular weight excluding hydrogens is 218 g/mol. The molecule has 17 heavy (non-hydrogen) atoms. The van der Waals surface area contributed by atoms with E-state index in [1.807, 2.05) is 11.8 Å². The van der Waals surface area contributed by atoms with Gasteiger partial charge in [-0.2, -0.15) is 0 Å². The second kappa shape index (κ2) is 5.52. The van der Waals surface area contributed by atoms with E-state index >= 15 is 0 Å². The van der Waals surface area contributed by atoms with Crippen molar-refractivity contribution in [1.82, 2.24) is 4.98 Å². The highest BCUT2D eigenvalue weighted by Crippen LogP contribution is 2.24. The van der Waals surface area contributed by atoms with Gasteiger partial charge in [-0.1, -0.05) is 13.8 Å². The van der Waals surface area contributed by atoms with Gasteiger partial charge >= 0.3 is 5.97 Å². The van der Waals surface area contributed by atoms with Crippen LogP contribution in [0.15, 0.2) is 12.3 Å². The maximum Gasteiger partial charge on any atom is 0.337 e. The lowest BCUT2D eigenvalue weighted by molar-refractivity contribution is 0.0698. The lowest BCUT2D eigenvalue weighted by Gasteiger charge is -2.25. The van der Waals surface area contributed by atoms with Crippen molar-refractivity contribution in [2.45, 2.75) is 20.8 Å². The molecular formula is C12H19N3O2. The van der Waals surface area contributed by atoms with Gasteiger partial charge in [0.2, 0.25) is 0 Å². The first kappa shape index (κ1) is 13.3. The number of nitrogens with two attached hydrogens (primary N) is 1. The van der Waals surface area contributed by atoms with Crippen LogP contribution in [0.2, 0.25) is 0 Å². The molecule has 1 aromatic heterocycles. The number of aromatic carboxylic acids is 1. The highest BCUT2D eigenvalue weighted by Gasteiger charge is 2.16. The normalized spacial score (nSPS) is 10.6. The molecule has 5 heteroatoms. The van der Waals surface area contributed by atoms with Crippen LogP contribution < -0.4 is 10.6 Å². The molecule has 0 atom stereocenters. The van der Waals surface area contributed by atoms with Crippen molar-refractivity contribution >= 4 is 17.5 Å². The Morgan fingerprint density at radius 1 is 1.59 bits per heavy atom. The van der Waals surface area contributed by atoms with E-state index in [-0.39, 0.29) is 11.3 Å². The standard InChI is InChI=1S/C12H19N3O2/c1-4-15(7-8(2)3)11-10(13)9(12(16)17)5-6-14-11/h5-6,8H,4,7,13H2,1-3H3,(H,16,17). The minimum Gasteiger partial charge on any atom is -0.478 e. The highest BCUT2D eigenvalue weighted by molar-refractivity contribution is 5.96. The second-order valence-electron chi connectivity index (χ2n) is 4.33. The third-order valence-corrected chi connectivity index (χ3v) is 2.47. The summed E-state index contributed by atoms with van der Waals surface area (Å²) in [7, 11) is 0. The Morgan fingerprint density at radius 2 is 2.24 bits per heavy atom. The molecule has 0 unspecified atom stereocenters. The van der Waals surface area contributed by atoms with Crippen molar-refractivity contribution < 1.29 is 9.90 Å². The summed E-state index contributed by atoms with van der Waals surface area (Å²) in [5, 5.41) is 9.00. The van der Waals surface area contributed by atoms with E-state index < -0.39 is 5.97 Å². The number of hydrogen-bond donors (Lipinski definition) is 2. The first-order valence-electron chi connectivity index (χ1n) is 5.70. The molecule has 0 fully saturated rings. The van der Waals surface area contributed by atoms with E-state index in [1.54, 1.807) is 0 Å². The predicted octanol–water partition coefficient (Wildman–Crippen LogP) is 1.84. The van der Waals surface area contributed by atoms with Crippen LogP contribution in [0.25, 0.3) is 0 Å². The van der Waals surface area contributed by atoms with Gasteiger partial charge in [0.25, 0.3) is 0 Å². The fourth-order valence-corrected chi connectivity index (χ4v) is 1.71. The number of carbonyl (C=O) groups is 1. The van der Waals surface area contributed by atoms with E-state index in [4.69, 9.17) is 10.8 Å². The maximum atomic E-state index is 11.0. The lowest BCUT2D eigenvalue weighted by atomic mass is 10.1. The minimum absolute atomic E-state index is 0.109. The van der Waals surface area contributed by atoms with Gasteiger partial charge < -0.3 is 15.7 Å². The van der Waals surface area contributed by atoms with Gasteiger partial charge in [0.15, 0.2) is 5.82 Å². The van der Waals surface area contributed by atoms with Crippen LogP contribution in [0.1, 0.15) is 31.1 Å². The summed E-state index contributed by atoms with van der Waals surface area (Å²) in [4.78, 5) is 17.2. The highest BCUT2D eigenvalue weighted by atomic mass is 16.4. The van der Waals surface area contributed by atoms with Crippen molar-refractivity contribution in [2.75, 3.05) is 23.7 Å². The van der Waals surface area contributed by atoms with Crippen LogP contribution in [0.4, 0.5) is 11.5 Å². The summed E-state index contributed by atoms with van der Waals surface area (Å²) in [5.74, 6) is -0.00233. The Hall–Kier alpha value is -1.78. The van der Waals surface area contributed by atoms with Gasteiger partial charge in [-0.3, -0.25) is 0 Å². The summed E-state index contributed by atoms with van der Waals surface area (Å²) in [6, 6.07) is 1.42. The quantitative estimate of drug-likeness (QED) is 0.817. The number of anilines is 2. The number of hydrogen-bond acceptors (Lipinski definition) is 4. The monoisotopic (exact) mass is 237 g/mol. The molecule has 1 aromatic rings. The predicted molar refractivity (Wildman–Crippen MR) is 68.3 cm³/mol. The van der Waals surface area contributed by atoms with E-state index in [2.05, 4.69) is 18.8 Å². The molecule has 0 aliphatic rings. The Morgan fingerprint density at radius 3 is 2.71 bits per heavy atom. The fourth-order valence-electron chi connectivity index (χ4n) is 1.71. The fraction of sp³-hybridized carbons (Fsp3) is 0.500. The molecule has 1 heterocycles. The Kier molecular flexibility index (Phi) is 4.31. The number of aromatic nitrogens is 1. The molecule has 0 aromatic carbocycles. The van der Waals surface area contributed by atoms with Crippen molar-refractivity contribution in [3.05, 3.63) is 17.8 Å². The zero-order valence-electron chi connectivity index (χ0n) is 10.5. The van der Waals surface area contributed by atoms with Gasteiger partial charge in [-0.15, -0.1) is 0 Å². The first-order valence-corrected chi connectivity index (χ1v) is 5.70. The average Bonchev–Trinajstić information content (AvgIpc) is 2.26. The van der Waals surface area contributed by atoms with E-state index in [0.29, 0.717) is 11.7 Å². The average molecular weight is 237 g/mol. The molecule has 0 amide bonds. The summed E-state index contributed by atoms with van der Waals surface area (Å²) in [5.41, 5.74) is 6.20. The summed E-state index contributed by atoms with van der Waals surface area (Å²) < 4.78 is 0. The molecule has 0 aliphatic carbocycles. The van der Waals surface area contributed by atoms with Gasteiger partial charge in [-0.05, 0) is 18.9 Å². The molecule has 5 nitrogen and oxygen atoms in total. The zero-order valence-corrected chi connectivity index (χ0v) is 10.5. The zero-order chi connectivity index (χ0) is 13.0. The number of carboxylic acids is 1. The third kappa shape index (κ3) is 3.09. The van der Waals surface area contributed by atoms with Crippen molar-refractivity contribution in [3.8, 4) is 0 Å². The topological polar surface area (TPSA) is 79.5 Å². The van der Waals surface area contributed by atoms with Crippen LogP contribution >= 0.6 is 0 Å². The summed E-state index contributed by atoms with van der Waals surface area (Å²) in [6.07, 6.45) is 1.48. The van der Waals surface area contributed by atoms with Crippen molar-refractivity contribution in [2.24, 2.45) is 5.92 Å². The molecule has 94 valence electrons. The molecule has 1 rings (SSSR count). The number of carboxylic acid groups (broad SMARTS) is 1. The molecule has 0 bridgehead atoms. The molecule has 0 spiro atoms. The smallest absolute Gasteiger partial charge is 0.337 e. The molecule has 0 saturated heterocycles. The number of pyridine rings is 1. The lowest BCUT2D eigenvalue weighted by Crippen LogP contribution is -2.29. The molecule has 0 radical (unpaired) electrons. The Bertz CT molecular complexity index is 405. The minimum atomic E-state index is -1.02. The van der Waals surface area contributed by atoms with Crippen LogP contribution in [0, 0.1) is 5.92 Å². The SMILES string of the molecule is CCN(CC(C)C)c1nccc(C(=O)O)c1N. The van der Waals surface area contributed by atoms with E-state index in [0.717, 1.165) is 13.1 Å². The number of nitrogens with zero attached hydrogens (tertiary/aromatic N) is 2. The second-order valence-corrected chi connectivity index (χ2v) is 4.33. The van der Waals surface area contributed by atoms with Gasteiger partial charge in [0.1, 0.15) is 0 Å². The van der Waals surface area contributed by atoms with Crippen LogP contribution in [0.3, 0.4) is 0 Å². The molecule has 0 saturated carbocycles. The van der Waals surface area contributed by atoms with Crippen LogP contribution in [-0.4, -0.2) is 29.1 Å². The molecule has 3 N–H and O–H groups in total. The maximum absolute atomic E-state index is 11.0. The largest absolute Gasteiger partial charge is 0.478 e. The summed E-state index contributed by atoms with van der Waals surface area (Å²) in [6.45, 7) is 7.74. The van der Waals surface area contributed by atoms with Gasteiger partial charge in [-0.25, -0.2) is 9.78 Å².